The topological polar surface area (TPSA) is 111 Å². The molecule has 2 aromatic heterocycles. The van der Waals surface area contributed by atoms with Crippen molar-refractivity contribution in [3.63, 3.8) is 0 Å². The Hall–Kier alpha value is -3.30. The first-order chi connectivity index (χ1) is 15.4. The zero-order valence-corrected chi connectivity index (χ0v) is 18.5. The molecule has 0 saturated carbocycles. The molecule has 0 radical (unpaired) electrons. The molecule has 0 bridgehead atoms. The molecule has 3 N–H and O–H groups in total. The quantitative estimate of drug-likeness (QED) is 0.405. The summed E-state index contributed by atoms with van der Waals surface area (Å²) in [6.45, 7) is 1.39. The Bertz CT molecular complexity index is 1420. The van der Waals surface area contributed by atoms with Crippen LogP contribution in [-0.4, -0.2) is 47.3 Å². The maximum atomic E-state index is 12.9. The number of H-pyrrole nitrogens is 2. The van der Waals surface area contributed by atoms with Gasteiger partial charge < -0.3 is 14.9 Å². The van der Waals surface area contributed by atoms with E-state index in [2.05, 4.69) is 19.7 Å². The number of sulfonamides is 1. The van der Waals surface area contributed by atoms with Crippen LogP contribution in [0.25, 0.3) is 22.4 Å². The van der Waals surface area contributed by atoms with Crippen molar-refractivity contribution in [2.45, 2.75) is 17.7 Å². The lowest BCUT2D eigenvalue weighted by Gasteiger charge is -2.13. The van der Waals surface area contributed by atoms with Crippen LogP contribution < -0.4 is 4.72 Å². The van der Waals surface area contributed by atoms with E-state index in [1.807, 2.05) is 18.2 Å². The Balaban J connectivity index is 1.39. The van der Waals surface area contributed by atoms with Gasteiger partial charge in [0, 0.05) is 24.8 Å². The van der Waals surface area contributed by atoms with Gasteiger partial charge in [0.25, 0.3) is 15.9 Å². The normalized spacial score (nSPS) is 14.2. The molecule has 8 nitrogen and oxygen atoms in total. The molecule has 0 aliphatic carbocycles. The van der Waals surface area contributed by atoms with E-state index in [0.29, 0.717) is 40.7 Å². The molecule has 1 saturated heterocycles. The number of nitrogens with one attached hydrogen (secondary N) is 3. The molecule has 1 amide bonds. The van der Waals surface area contributed by atoms with Crippen LogP contribution in [0.1, 0.15) is 23.3 Å². The number of fused-ring (bicyclic) bond motifs is 1. The van der Waals surface area contributed by atoms with E-state index in [0.717, 1.165) is 18.4 Å². The van der Waals surface area contributed by atoms with Crippen LogP contribution >= 0.6 is 11.6 Å². The van der Waals surface area contributed by atoms with Crippen molar-refractivity contribution < 1.29 is 13.2 Å². The van der Waals surface area contributed by atoms with Crippen LogP contribution in [0.15, 0.2) is 59.6 Å². The predicted molar refractivity (Wildman–Crippen MR) is 123 cm³/mol. The number of carbonyl (C=O) groups is 1. The van der Waals surface area contributed by atoms with Gasteiger partial charge in [-0.15, -0.1) is 0 Å². The van der Waals surface area contributed by atoms with Gasteiger partial charge in [0.05, 0.1) is 21.7 Å². The highest BCUT2D eigenvalue weighted by atomic mass is 35.5. The third-order valence-electron chi connectivity index (χ3n) is 5.45. The van der Waals surface area contributed by atoms with Crippen molar-refractivity contribution in [3.05, 3.63) is 65.4 Å². The number of halogens is 1. The number of aromatic amines is 2. The van der Waals surface area contributed by atoms with Gasteiger partial charge in [0.1, 0.15) is 16.4 Å². The number of rotatable bonds is 5. The smallest absolute Gasteiger partial charge is 0.270 e. The second kappa shape index (κ2) is 7.99. The molecule has 0 spiro atoms. The number of nitrogens with zero attached hydrogens (tertiary/aromatic N) is 2. The summed E-state index contributed by atoms with van der Waals surface area (Å²) in [5, 5.41) is 0.569. The second-order valence-electron chi connectivity index (χ2n) is 7.65. The van der Waals surface area contributed by atoms with Gasteiger partial charge in [-0.2, -0.15) is 0 Å². The average Bonchev–Trinajstić information content (AvgIpc) is 3.53. The molecule has 10 heteroatoms. The number of hydrogen-bond acceptors (Lipinski definition) is 4. The zero-order chi connectivity index (χ0) is 22.3. The third-order valence-corrected chi connectivity index (χ3v) is 7.14. The van der Waals surface area contributed by atoms with E-state index in [1.165, 1.54) is 12.3 Å². The highest BCUT2D eigenvalue weighted by Crippen LogP contribution is 2.28. The maximum Gasteiger partial charge on any atom is 0.270 e. The molecule has 2 aromatic carbocycles. The second-order valence-corrected chi connectivity index (χ2v) is 9.74. The summed E-state index contributed by atoms with van der Waals surface area (Å²) in [5.74, 6) is 0.413. The molecule has 164 valence electrons. The summed E-state index contributed by atoms with van der Waals surface area (Å²) in [5.41, 5.74) is 2.75. The molecule has 5 rings (SSSR count). The van der Waals surface area contributed by atoms with Crippen LogP contribution in [0.3, 0.4) is 0 Å². The Morgan fingerprint density at radius 1 is 1.09 bits per heavy atom. The summed E-state index contributed by atoms with van der Waals surface area (Å²) in [6.07, 6.45) is 3.26. The van der Waals surface area contributed by atoms with E-state index in [1.54, 1.807) is 29.2 Å². The van der Waals surface area contributed by atoms with Crippen LogP contribution in [0.5, 0.6) is 0 Å². The molecule has 0 atom stereocenters. The van der Waals surface area contributed by atoms with Crippen molar-refractivity contribution >= 4 is 44.3 Å². The van der Waals surface area contributed by atoms with E-state index >= 15 is 0 Å². The van der Waals surface area contributed by atoms with Crippen molar-refractivity contribution in [1.82, 2.24) is 19.9 Å². The Labute approximate surface area is 189 Å². The fourth-order valence-corrected chi connectivity index (χ4v) is 5.08. The minimum atomic E-state index is -3.88. The van der Waals surface area contributed by atoms with Gasteiger partial charge >= 0.3 is 0 Å². The summed E-state index contributed by atoms with van der Waals surface area (Å²) in [7, 11) is -3.88. The number of likely N-dealkylation sites (tertiary alicyclic amines) is 1. The SMILES string of the molecule is O=C(c1cc(S(=O)(=O)Nc2ccc3nc(-c4ccccc4Cl)[nH]c3c2)c[nH]1)N1CCCC1. The number of aromatic nitrogens is 3. The predicted octanol–water partition coefficient (Wildman–Crippen LogP) is 4.25. The lowest BCUT2D eigenvalue weighted by atomic mass is 10.2. The first-order valence-electron chi connectivity index (χ1n) is 10.2. The summed E-state index contributed by atoms with van der Waals surface area (Å²) in [6, 6.07) is 13.7. The van der Waals surface area contributed by atoms with E-state index in [-0.39, 0.29) is 16.5 Å². The third kappa shape index (κ3) is 3.85. The fraction of sp³-hybridized carbons (Fsp3) is 0.182. The first kappa shape index (κ1) is 20.6. The van der Waals surface area contributed by atoms with Gasteiger partial charge in [-0.05, 0) is 49.2 Å². The molecule has 4 aromatic rings. The molecular weight excluding hydrogens is 450 g/mol. The monoisotopic (exact) mass is 469 g/mol. The molecule has 1 aliphatic heterocycles. The van der Waals surface area contributed by atoms with Gasteiger partial charge in [-0.1, -0.05) is 23.7 Å². The number of amides is 1. The Kier molecular flexibility index (Phi) is 5.15. The van der Waals surface area contributed by atoms with E-state index in [9.17, 15) is 13.2 Å². The number of carbonyl (C=O) groups excluding carboxylic acids is 1. The molecule has 3 heterocycles. The van der Waals surface area contributed by atoms with Crippen LogP contribution in [0, 0.1) is 0 Å². The highest BCUT2D eigenvalue weighted by Gasteiger charge is 2.24. The van der Waals surface area contributed by atoms with E-state index in [4.69, 9.17) is 11.6 Å². The summed E-state index contributed by atoms with van der Waals surface area (Å²) >= 11 is 6.26. The molecule has 1 fully saturated rings. The van der Waals surface area contributed by atoms with Crippen LogP contribution in [0.2, 0.25) is 5.02 Å². The molecule has 0 unspecified atom stereocenters. The lowest BCUT2D eigenvalue weighted by molar-refractivity contribution is 0.0787. The summed E-state index contributed by atoms with van der Waals surface area (Å²) in [4.78, 5) is 24.7. The number of anilines is 1. The minimum absolute atomic E-state index is 0.00140. The highest BCUT2D eigenvalue weighted by molar-refractivity contribution is 7.92. The molecule has 32 heavy (non-hydrogen) atoms. The summed E-state index contributed by atoms with van der Waals surface area (Å²) < 4.78 is 28.3. The molecular formula is C22H20ClN5O3S. The van der Waals surface area contributed by atoms with Crippen LogP contribution in [-0.2, 0) is 10.0 Å². The van der Waals surface area contributed by atoms with Gasteiger partial charge in [-0.3, -0.25) is 9.52 Å². The van der Waals surface area contributed by atoms with Gasteiger partial charge in [0.2, 0.25) is 0 Å². The number of benzene rings is 2. The van der Waals surface area contributed by atoms with E-state index < -0.39 is 10.0 Å². The van der Waals surface area contributed by atoms with Crippen molar-refractivity contribution in [2.75, 3.05) is 17.8 Å². The van der Waals surface area contributed by atoms with Crippen LogP contribution in [0.4, 0.5) is 5.69 Å². The lowest BCUT2D eigenvalue weighted by Crippen LogP contribution is -2.27. The first-order valence-corrected chi connectivity index (χ1v) is 12.0. The van der Waals surface area contributed by atoms with Crippen molar-refractivity contribution in [1.29, 1.82) is 0 Å². The zero-order valence-electron chi connectivity index (χ0n) is 16.9. The minimum Gasteiger partial charge on any atom is -0.356 e. The Morgan fingerprint density at radius 3 is 2.66 bits per heavy atom. The fourth-order valence-electron chi connectivity index (χ4n) is 3.81. The largest absolute Gasteiger partial charge is 0.356 e. The van der Waals surface area contributed by atoms with Gasteiger partial charge in [0.15, 0.2) is 0 Å². The average molecular weight is 470 g/mol. The molecule has 1 aliphatic rings. The van der Waals surface area contributed by atoms with Gasteiger partial charge in [-0.25, -0.2) is 13.4 Å². The number of hydrogen-bond donors (Lipinski definition) is 3. The number of imidazole rings is 1. The standard InChI is InChI=1S/C22H20ClN5O3S/c23-17-6-2-1-5-16(17)21-25-18-8-7-14(11-19(18)26-21)27-32(30,31)15-12-20(24-13-15)22(29)28-9-3-4-10-28/h1-2,5-8,11-13,24,27H,3-4,9-10H2,(H,25,26). The van der Waals surface area contributed by atoms with Crippen molar-refractivity contribution in [3.8, 4) is 11.4 Å². The maximum absolute atomic E-state index is 12.9. The van der Waals surface area contributed by atoms with Crippen molar-refractivity contribution in [2.24, 2.45) is 0 Å². The Morgan fingerprint density at radius 2 is 1.88 bits per heavy atom.